The van der Waals surface area contributed by atoms with Crippen molar-refractivity contribution in [3.05, 3.63) is 29.3 Å². The third-order valence-corrected chi connectivity index (χ3v) is 1.73. The molecule has 0 aromatic heterocycles. The van der Waals surface area contributed by atoms with Crippen LogP contribution in [0, 0.1) is 6.92 Å². The van der Waals surface area contributed by atoms with Gasteiger partial charge in [0.1, 0.15) is 5.75 Å². The fourth-order valence-corrected chi connectivity index (χ4v) is 1.11. The van der Waals surface area contributed by atoms with Gasteiger partial charge in [0, 0.05) is 0 Å². The van der Waals surface area contributed by atoms with Gasteiger partial charge in [-0.1, -0.05) is 12.1 Å². The molecule has 0 unspecified atom stereocenters. The Hall–Kier alpha value is -1.84. The number of hydrogen-bond donors (Lipinski definition) is 1. The van der Waals surface area contributed by atoms with Gasteiger partial charge in [-0.15, -0.1) is 0 Å². The summed E-state index contributed by atoms with van der Waals surface area (Å²) >= 11 is 0. The number of amides is 1. The molecule has 0 bridgehead atoms. The highest BCUT2D eigenvalue weighted by Gasteiger charge is 2.06. The average Bonchev–Trinajstić information content (AvgIpc) is 2.15. The molecule has 1 rings (SSSR count). The Morgan fingerprint density at radius 2 is 2.29 bits per heavy atom. The highest BCUT2D eigenvalue weighted by Crippen LogP contribution is 2.21. The molecule has 1 amide bonds. The second-order valence-electron chi connectivity index (χ2n) is 2.87. The molecule has 4 nitrogen and oxygen atoms in total. The van der Waals surface area contributed by atoms with Gasteiger partial charge in [-0.2, -0.15) is 0 Å². The molecule has 74 valence electrons. The van der Waals surface area contributed by atoms with Crippen molar-refractivity contribution in [2.24, 2.45) is 5.73 Å². The number of aryl methyl sites for hydroxylation is 1. The molecular formula is C10H11NO3. The molecule has 14 heavy (non-hydrogen) atoms. The predicted octanol–water partition coefficient (Wildman–Crippen LogP) is 0.672. The molecule has 0 radical (unpaired) electrons. The minimum absolute atomic E-state index is 0.217. The van der Waals surface area contributed by atoms with E-state index in [1.807, 2.05) is 0 Å². The molecule has 1 aromatic carbocycles. The first-order chi connectivity index (χ1) is 6.65. The van der Waals surface area contributed by atoms with E-state index >= 15 is 0 Å². The van der Waals surface area contributed by atoms with Gasteiger partial charge in [0.05, 0.1) is 5.56 Å². The molecule has 1 aromatic rings. The van der Waals surface area contributed by atoms with E-state index in [2.05, 4.69) is 0 Å². The van der Waals surface area contributed by atoms with Gasteiger partial charge in [0.2, 0.25) is 0 Å². The summed E-state index contributed by atoms with van der Waals surface area (Å²) in [6, 6.07) is 5.16. The zero-order valence-corrected chi connectivity index (χ0v) is 7.82. The number of primary amides is 1. The Kier molecular flexibility index (Phi) is 3.23. The van der Waals surface area contributed by atoms with Crippen LogP contribution >= 0.6 is 0 Å². The highest BCUT2D eigenvalue weighted by atomic mass is 16.5. The highest BCUT2D eigenvalue weighted by molar-refractivity contribution is 5.81. The van der Waals surface area contributed by atoms with Gasteiger partial charge in [-0.25, -0.2) is 0 Å². The molecule has 0 atom stereocenters. The topological polar surface area (TPSA) is 69.4 Å². The Morgan fingerprint density at radius 1 is 1.57 bits per heavy atom. The fourth-order valence-electron chi connectivity index (χ4n) is 1.11. The second kappa shape index (κ2) is 4.41. The minimum atomic E-state index is -0.565. The lowest BCUT2D eigenvalue weighted by atomic mass is 10.1. The molecule has 2 N–H and O–H groups in total. The van der Waals surface area contributed by atoms with Gasteiger partial charge >= 0.3 is 0 Å². The molecule has 0 aliphatic heterocycles. The summed E-state index contributed by atoms with van der Waals surface area (Å²) in [7, 11) is 0. The van der Waals surface area contributed by atoms with Crippen molar-refractivity contribution in [1.29, 1.82) is 0 Å². The first-order valence-corrected chi connectivity index (χ1v) is 4.11. The summed E-state index contributed by atoms with van der Waals surface area (Å²) in [5, 5.41) is 0. The zero-order chi connectivity index (χ0) is 10.6. The Balaban J connectivity index is 2.93. The smallest absolute Gasteiger partial charge is 0.255 e. The summed E-state index contributed by atoms with van der Waals surface area (Å²) < 4.78 is 5.11. The van der Waals surface area contributed by atoms with E-state index in [1.54, 1.807) is 25.1 Å². The van der Waals surface area contributed by atoms with Crippen molar-refractivity contribution in [1.82, 2.24) is 0 Å². The monoisotopic (exact) mass is 193 g/mol. The average molecular weight is 193 g/mol. The van der Waals surface area contributed by atoms with Crippen molar-refractivity contribution in [3.63, 3.8) is 0 Å². The van der Waals surface area contributed by atoms with Crippen LogP contribution in [0.15, 0.2) is 18.2 Å². The molecule has 0 fully saturated rings. The Morgan fingerprint density at radius 3 is 2.86 bits per heavy atom. The van der Waals surface area contributed by atoms with Crippen molar-refractivity contribution >= 4 is 12.2 Å². The molecule has 0 saturated carbocycles. The second-order valence-corrected chi connectivity index (χ2v) is 2.87. The van der Waals surface area contributed by atoms with Crippen LogP contribution in [0.5, 0.6) is 5.75 Å². The van der Waals surface area contributed by atoms with E-state index in [9.17, 15) is 9.59 Å². The Bertz CT molecular complexity index is 360. The van der Waals surface area contributed by atoms with E-state index in [0.29, 0.717) is 17.6 Å². The van der Waals surface area contributed by atoms with Crippen molar-refractivity contribution in [2.45, 2.75) is 6.92 Å². The van der Waals surface area contributed by atoms with Gasteiger partial charge in [-0.05, 0) is 18.6 Å². The van der Waals surface area contributed by atoms with E-state index in [-0.39, 0.29) is 6.61 Å². The standard InChI is InChI=1S/C10H11NO3/c1-7-3-2-4-8(5-12)10(7)14-6-9(11)13/h2-5H,6H2,1H3,(H2,11,13). The maximum absolute atomic E-state index is 10.6. The van der Waals surface area contributed by atoms with E-state index < -0.39 is 5.91 Å². The molecule has 0 saturated heterocycles. The van der Waals surface area contributed by atoms with Crippen LogP contribution in [0.2, 0.25) is 0 Å². The third kappa shape index (κ3) is 2.32. The maximum atomic E-state index is 10.6. The molecule has 4 heteroatoms. The summed E-state index contributed by atoms with van der Waals surface area (Å²) in [6.45, 7) is 1.58. The lowest BCUT2D eigenvalue weighted by Gasteiger charge is -2.08. The Labute approximate surface area is 81.7 Å². The molecule has 0 heterocycles. The molecule has 0 aliphatic carbocycles. The van der Waals surface area contributed by atoms with Crippen LogP contribution in [0.4, 0.5) is 0 Å². The number of aldehydes is 1. The third-order valence-electron chi connectivity index (χ3n) is 1.73. The number of ether oxygens (including phenoxy) is 1. The first-order valence-electron chi connectivity index (χ1n) is 4.11. The lowest BCUT2D eigenvalue weighted by molar-refractivity contribution is -0.119. The molecule has 0 spiro atoms. The zero-order valence-electron chi connectivity index (χ0n) is 7.82. The number of nitrogens with two attached hydrogens (primary N) is 1. The van der Waals surface area contributed by atoms with E-state index in [1.165, 1.54) is 0 Å². The van der Waals surface area contributed by atoms with Crippen molar-refractivity contribution < 1.29 is 14.3 Å². The van der Waals surface area contributed by atoms with Crippen LogP contribution in [-0.2, 0) is 4.79 Å². The van der Waals surface area contributed by atoms with Crippen LogP contribution in [-0.4, -0.2) is 18.8 Å². The number of carbonyl (C=O) groups excluding carboxylic acids is 2. The SMILES string of the molecule is Cc1cccc(C=O)c1OCC(N)=O. The number of rotatable bonds is 4. The van der Waals surface area contributed by atoms with Gasteiger partial charge in [0.15, 0.2) is 12.9 Å². The minimum Gasteiger partial charge on any atom is -0.483 e. The first kappa shape index (κ1) is 10.2. The maximum Gasteiger partial charge on any atom is 0.255 e. The van der Waals surface area contributed by atoms with Crippen LogP contribution in [0.25, 0.3) is 0 Å². The molecular weight excluding hydrogens is 182 g/mol. The predicted molar refractivity (Wildman–Crippen MR) is 51.3 cm³/mol. The van der Waals surface area contributed by atoms with Crippen LogP contribution in [0.3, 0.4) is 0 Å². The van der Waals surface area contributed by atoms with E-state index in [0.717, 1.165) is 5.56 Å². The van der Waals surface area contributed by atoms with Crippen molar-refractivity contribution in [3.8, 4) is 5.75 Å². The van der Waals surface area contributed by atoms with Crippen LogP contribution in [0.1, 0.15) is 15.9 Å². The molecule has 0 aliphatic rings. The van der Waals surface area contributed by atoms with Gasteiger partial charge in [0.25, 0.3) is 5.91 Å². The van der Waals surface area contributed by atoms with Crippen molar-refractivity contribution in [2.75, 3.05) is 6.61 Å². The summed E-state index contributed by atoms with van der Waals surface area (Å²) in [6.07, 6.45) is 0.684. The summed E-state index contributed by atoms with van der Waals surface area (Å²) in [5.41, 5.74) is 6.15. The number of para-hydroxylation sites is 1. The fraction of sp³-hybridized carbons (Fsp3) is 0.200. The van der Waals surface area contributed by atoms with Gasteiger partial charge in [-0.3, -0.25) is 9.59 Å². The number of hydrogen-bond acceptors (Lipinski definition) is 3. The number of benzene rings is 1. The number of carbonyl (C=O) groups is 2. The lowest BCUT2D eigenvalue weighted by Crippen LogP contribution is -2.20. The summed E-state index contributed by atoms with van der Waals surface area (Å²) in [5.74, 6) is -0.147. The van der Waals surface area contributed by atoms with Gasteiger partial charge < -0.3 is 10.5 Å². The van der Waals surface area contributed by atoms with E-state index in [4.69, 9.17) is 10.5 Å². The normalized spacial score (nSPS) is 9.50. The largest absolute Gasteiger partial charge is 0.483 e. The summed E-state index contributed by atoms with van der Waals surface area (Å²) in [4.78, 5) is 21.1. The van der Waals surface area contributed by atoms with Crippen LogP contribution < -0.4 is 10.5 Å². The quantitative estimate of drug-likeness (QED) is 0.714.